The molecule has 0 saturated carbocycles. The molecule has 1 N–H and O–H groups in total. The highest BCUT2D eigenvalue weighted by molar-refractivity contribution is 5.90. The molecule has 0 spiro atoms. The molecule has 5 nitrogen and oxygen atoms in total. The lowest BCUT2D eigenvalue weighted by Crippen LogP contribution is -2.51. The fraction of sp³-hybridized carbons (Fsp3) is 0.226. The van der Waals surface area contributed by atoms with E-state index in [9.17, 15) is 9.59 Å². The van der Waals surface area contributed by atoms with Gasteiger partial charge in [0.05, 0.1) is 0 Å². The third-order valence-electron chi connectivity index (χ3n) is 6.12. The van der Waals surface area contributed by atoms with Crippen LogP contribution in [-0.4, -0.2) is 35.9 Å². The van der Waals surface area contributed by atoms with Crippen LogP contribution in [0, 0.1) is 0 Å². The smallest absolute Gasteiger partial charge is 0.261 e. The quantitative estimate of drug-likeness (QED) is 0.313. The molecule has 0 fully saturated rings. The summed E-state index contributed by atoms with van der Waals surface area (Å²) in [4.78, 5) is 28.7. The molecule has 0 aliphatic heterocycles. The van der Waals surface area contributed by atoms with Crippen molar-refractivity contribution < 1.29 is 14.3 Å². The van der Waals surface area contributed by atoms with E-state index < -0.39 is 6.04 Å². The van der Waals surface area contributed by atoms with Crippen LogP contribution in [0.3, 0.4) is 0 Å². The number of nitrogens with one attached hydrogen (secondary N) is 1. The van der Waals surface area contributed by atoms with Gasteiger partial charge in [-0.3, -0.25) is 9.59 Å². The molecule has 0 bridgehead atoms. The molecule has 5 heteroatoms. The molecule has 184 valence electrons. The predicted molar refractivity (Wildman–Crippen MR) is 144 cm³/mol. The van der Waals surface area contributed by atoms with Crippen LogP contribution in [0.1, 0.15) is 24.5 Å². The van der Waals surface area contributed by atoms with Crippen LogP contribution in [0.5, 0.6) is 5.75 Å². The van der Waals surface area contributed by atoms with Crippen molar-refractivity contribution in [2.45, 2.75) is 32.4 Å². The van der Waals surface area contributed by atoms with E-state index in [1.807, 2.05) is 110 Å². The Bertz CT molecular complexity index is 1270. The molecule has 36 heavy (non-hydrogen) atoms. The Morgan fingerprint density at radius 2 is 1.44 bits per heavy atom. The van der Waals surface area contributed by atoms with Crippen LogP contribution in [0.25, 0.3) is 10.8 Å². The minimum atomic E-state index is -0.664. The Labute approximate surface area is 212 Å². The van der Waals surface area contributed by atoms with Crippen molar-refractivity contribution in [3.63, 3.8) is 0 Å². The molecule has 1 unspecified atom stereocenters. The van der Waals surface area contributed by atoms with Crippen LogP contribution < -0.4 is 10.1 Å². The van der Waals surface area contributed by atoms with Crippen LogP contribution >= 0.6 is 0 Å². The van der Waals surface area contributed by atoms with Crippen molar-refractivity contribution in [1.29, 1.82) is 0 Å². The molecule has 0 aliphatic carbocycles. The van der Waals surface area contributed by atoms with Crippen molar-refractivity contribution >= 4 is 22.6 Å². The number of hydrogen-bond acceptors (Lipinski definition) is 3. The Morgan fingerprint density at radius 1 is 0.806 bits per heavy atom. The number of amides is 2. The first-order chi connectivity index (χ1) is 17.7. The Balaban J connectivity index is 1.61. The van der Waals surface area contributed by atoms with E-state index in [4.69, 9.17) is 4.74 Å². The molecule has 0 heterocycles. The highest BCUT2D eigenvalue weighted by Crippen LogP contribution is 2.25. The highest BCUT2D eigenvalue weighted by Gasteiger charge is 2.30. The first kappa shape index (κ1) is 25.0. The second-order valence-corrected chi connectivity index (χ2v) is 8.77. The maximum Gasteiger partial charge on any atom is 0.261 e. The van der Waals surface area contributed by atoms with Gasteiger partial charge in [-0.1, -0.05) is 104 Å². The van der Waals surface area contributed by atoms with Gasteiger partial charge < -0.3 is 15.0 Å². The fourth-order valence-corrected chi connectivity index (χ4v) is 4.24. The molecular weight excluding hydrogens is 448 g/mol. The lowest BCUT2D eigenvalue weighted by Gasteiger charge is -2.31. The Morgan fingerprint density at radius 3 is 2.17 bits per heavy atom. The SMILES string of the molecule is CCCNC(=O)C(Cc1ccccc1)N(Cc1ccccc1)C(=O)COc1cccc2ccccc12. The zero-order valence-corrected chi connectivity index (χ0v) is 20.6. The van der Waals surface area contributed by atoms with Crippen LogP contribution in [0.4, 0.5) is 0 Å². The number of benzene rings is 4. The van der Waals surface area contributed by atoms with E-state index in [0.717, 1.165) is 28.3 Å². The van der Waals surface area contributed by atoms with Crippen LogP contribution in [0.15, 0.2) is 103 Å². The first-order valence-electron chi connectivity index (χ1n) is 12.4. The normalized spacial score (nSPS) is 11.6. The summed E-state index contributed by atoms with van der Waals surface area (Å²) >= 11 is 0. The van der Waals surface area contributed by atoms with Crippen LogP contribution in [0.2, 0.25) is 0 Å². The van der Waals surface area contributed by atoms with Gasteiger partial charge in [0.25, 0.3) is 5.91 Å². The van der Waals surface area contributed by atoms with Gasteiger partial charge >= 0.3 is 0 Å². The molecule has 0 aliphatic rings. The third-order valence-corrected chi connectivity index (χ3v) is 6.12. The minimum Gasteiger partial charge on any atom is -0.483 e. The van der Waals surface area contributed by atoms with E-state index in [2.05, 4.69) is 5.32 Å². The van der Waals surface area contributed by atoms with Gasteiger partial charge in [0, 0.05) is 24.9 Å². The fourth-order valence-electron chi connectivity index (χ4n) is 4.24. The molecule has 0 saturated heterocycles. The second-order valence-electron chi connectivity index (χ2n) is 8.77. The number of hydrogen-bond donors (Lipinski definition) is 1. The number of carbonyl (C=O) groups is 2. The molecule has 1 atom stereocenters. The molecule has 4 aromatic rings. The zero-order chi connectivity index (χ0) is 25.2. The molecular formula is C31H32N2O3. The van der Waals surface area contributed by atoms with E-state index in [-0.39, 0.29) is 18.4 Å². The number of ether oxygens (including phenoxy) is 1. The largest absolute Gasteiger partial charge is 0.483 e. The van der Waals surface area contributed by atoms with Gasteiger partial charge in [-0.15, -0.1) is 0 Å². The van der Waals surface area contributed by atoms with Crippen molar-refractivity contribution in [3.8, 4) is 5.75 Å². The lowest BCUT2D eigenvalue weighted by molar-refractivity contribution is -0.142. The highest BCUT2D eigenvalue weighted by atomic mass is 16.5. The van der Waals surface area contributed by atoms with Crippen molar-refractivity contribution in [3.05, 3.63) is 114 Å². The second kappa shape index (κ2) is 12.5. The maximum atomic E-state index is 13.7. The summed E-state index contributed by atoms with van der Waals surface area (Å²) < 4.78 is 6.04. The van der Waals surface area contributed by atoms with E-state index in [1.54, 1.807) is 4.90 Å². The minimum absolute atomic E-state index is 0.157. The van der Waals surface area contributed by atoms with E-state index in [0.29, 0.717) is 25.3 Å². The number of nitrogens with zero attached hydrogens (tertiary/aromatic N) is 1. The standard InChI is InChI=1S/C31H32N2O3/c1-2-20-32-31(35)28(21-24-12-5-3-6-13-24)33(22-25-14-7-4-8-15-25)30(34)23-36-29-19-11-17-26-16-9-10-18-27(26)29/h3-19,28H,2,20-23H2,1H3,(H,32,35). The predicted octanol–water partition coefficient (Wildman–Crippen LogP) is 5.38. The van der Waals surface area contributed by atoms with Gasteiger partial charge in [-0.25, -0.2) is 0 Å². The van der Waals surface area contributed by atoms with Gasteiger partial charge in [-0.2, -0.15) is 0 Å². The summed E-state index contributed by atoms with van der Waals surface area (Å²) in [5.74, 6) is 0.255. The van der Waals surface area contributed by atoms with Crippen LogP contribution in [-0.2, 0) is 22.6 Å². The zero-order valence-electron chi connectivity index (χ0n) is 20.6. The topological polar surface area (TPSA) is 58.6 Å². The monoisotopic (exact) mass is 480 g/mol. The molecule has 4 rings (SSSR count). The van der Waals surface area contributed by atoms with Crippen molar-refractivity contribution in [2.24, 2.45) is 0 Å². The van der Waals surface area contributed by atoms with E-state index >= 15 is 0 Å². The van der Waals surface area contributed by atoms with Gasteiger partial charge in [0.2, 0.25) is 5.91 Å². The molecule has 4 aromatic carbocycles. The van der Waals surface area contributed by atoms with Crippen molar-refractivity contribution in [1.82, 2.24) is 10.2 Å². The Hall–Kier alpha value is -4.12. The molecule has 2 amide bonds. The molecule has 0 aromatic heterocycles. The maximum absolute atomic E-state index is 13.7. The Kier molecular flexibility index (Phi) is 8.71. The lowest BCUT2D eigenvalue weighted by atomic mass is 10.0. The first-order valence-corrected chi connectivity index (χ1v) is 12.4. The molecule has 0 radical (unpaired) electrons. The summed E-state index contributed by atoms with van der Waals surface area (Å²) in [5, 5.41) is 4.99. The number of rotatable bonds is 11. The summed E-state index contributed by atoms with van der Waals surface area (Å²) in [5.41, 5.74) is 1.95. The van der Waals surface area contributed by atoms with Gasteiger partial charge in [0.15, 0.2) is 6.61 Å². The van der Waals surface area contributed by atoms with Gasteiger partial charge in [-0.05, 0) is 29.0 Å². The van der Waals surface area contributed by atoms with E-state index in [1.165, 1.54) is 0 Å². The summed E-state index contributed by atoms with van der Waals surface area (Å²) in [6.45, 7) is 2.73. The third kappa shape index (κ3) is 6.51. The van der Waals surface area contributed by atoms with Gasteiger partial charge in [0.1, 0.15) is 11.8 Å². The number of fused-ring (bicyclic) bond motifs is 1. The average Bonchev–Trinajstić information content (AvgIpc) is 2.93. The summed E-state index contributed by atoms with van der Waals surface area (Å²) in [7, 11) is 0. The number of carbonyl (C=O) groups excluding carboxylic acids is 2. The van der Waals surface area contributed by atoms with Crippen molar-refractivity contribution in [2.75, 3.05) is 13.2 Å². The average molecular weight is 481 g/mol. The summed E-state index contributed by atoms with van der Waals surface area (Å²) in [6.07, 6.45) is 1.24. The summed E-state index contributed by atoms with van der Waals surface area (Å²) in [6, 6.07) is 32.6.